The normalized spacial score (nSPS) is 14.1. The van der Waals surface area contributed by atoms with E-state index in [0.717, 1.165) is 25.7 Å². The maximum Gasteiger partial charge on any atom is 0.300 e. The van der Waals surface area contributed by atoms with Crippen molar-refractivity contribution in [3.05, 3.63) is 0 Å². The monoisotopic (exact) mass is 218 g/mol. The van der Waals surface area contributed by atoms with Crippen LogP contribution in [-0.4, -0.2) is 22.3 Å². The van der Waals surface area contributed by atoms with Crippen LogP contribution in [0.2, 0.25) is 0 Å². The zero-order valence-electron chi connectivity index (χ0n) is 10.7. The van der Waals surface area contributed by atoms with Crippen LogP contribution < -0.4 is 0 Å². The molecule has 2 atom stereocenters. The van der Waals surface area contributed by atoms with Gasteiger partial charge in [-0.15, -0.1) is 0 Å². The van der Waals surface area contributed by atoms with Gasteiger partial charge >= 0.3 is 0 Å². The first kappa shape index (κ1) is 16.8. The van der Waals surface area contributed by atoms with Crippen molar-refractivity contribution in [1.82, 2.24) is 0 Å². The molecule has 92 valence electrons. The average molecular weight is 218 g/mol. The summed E-state index contributed by atoms with van der Waals surface area (Å²) in [5, 5.41) is 16.9. The summed E-state index contributed by atoms with van der Waals surface area (Å²) in [6.45, 7) is 9.67. The maximum atomic E-state index is 9.47. The minimum Gasteiger partial charge on any atom is -0.481 e. The van der Waals surface area contributed by atoms with Crippen molar-refractivity contribution in [2.45, 2.75) is 60.0 Å². The molecule has 0 radical (unpaired) electrons. The highest BCUT2D eigenvalue weighted by Gasteiger charge is 2.09. The Hall–Kier alpha value is -0.570. The summed E-state index contributed by atoms with van der Waals surface area (Å²) in [4.78, 5) is 9.00. The number of carboxylic acids is 1. The van der Waals surface area contributed by atoms with Crippen LogP contribution in [0.25, 0.3) is 0 Å². The lowest BCUT2D eigenvalue weighted by molar-refractivity contribution is -0.134. The van der Waals surface area contributed by atoms with Gasteiger partial charge in [0.2, 0.25) is 0 Å². The Balaban J connectivity index is 0. The maximum absolute atomic E-state index is 9.47. The molecule has 0 saturated carbocycles. The Kier molecular flexibility index (Phi) is 11.2. The van der Waals surface area contributed by atoms with Gasteiger partial charge in [-0.3, -0.25) is 4.79 Å². The highest BCUT2D eigenvalue weighted by Crippen LogP contribution is 2.14. The zero-order valence-corrected chi connectivity index (χ0v) is 10.7. The van der Waals surface area contributed by atoms with Gasteiger partial charge in [0, 0.05) is 6.92 Å². The lowest BCUT2D eigenvalue weighted by Gasteiger charge is -2.16. The number of aliphatic carboxylic acids is 1. The Morgan fingerprint density at radius 2 is 1.60 bits per heavy atom. The van der Waals surface area contributed by atoms with E-state index in [4.69, 9.17) is 9.90 Å². The van der Waals surface area contributed by atoms with Crippen LogP contribution in [0.3, 0.4) is 0 Å². The van der Waals surface area contributed by atoms with Gasteiger partial charge in [0.25, 0.3) is 5.97 Å². The van der Waals surface area contributed by atoms with E-state index < -0.39 is 5.97 Å². The van der Waals surface area contributed by atoms with Crippen molar-refractivity contribution < 1.29 is 15.0 Å². The third-order valence-electron chi connectivity index (χ3n) is 2.42. The number of hydrogen-bond donors (Lipinski definition) is 2. The Morgan fingerprint density at radius 3 is 1.87 bits per heavy atom. The van der Waals surface area contributed by atoms with Gasteiger partial charge in [0.1, 0.15) is 0 Å². The molecule has 0 rings (SSSR count). The largest absolute Gasteiger partial charge is 0.481 e. The molecule has 0 aliphatic carbocycles. The average Bonchev–Trinajstić information content (AvgIpc) is 2.12. The lowest BCUT2D eigenvalue weighted by atomic mass is 9.96. The molecule has 0 aromatic heterocycles. The summed E-state index contributed by atoms with van der Waals surface area (Å²) in [7, 11) is 0. The molecule has 2 unspecified atom stereocenters. The van der Waals surface area contributed by atoms with Gasteiger partial charge in [-0.05, 0) is 24.7 Å². The van der Waals surface area contributed by atoms with Gasteiger partial charge in [-0.1, -0.05) is 34.1 Å². The van der Waals surface area contributed by atoms with Crippen LogP contribution in [0.1, 0.15) is 53.9 Å². The summed E-state index contributed by atoms with van der Waals surface area (Å²) < 4.78 is 0. The quantitative estimate of drug-likeness (QED) is 0.746. The predicted molar refractivity (Wildman–Crippen MR) is 62.8 cm³/mol. The summed E-state index contributed by atoms with van der Waals surface area (Å²) in [6, 6.07) is 0. The van der Waals surface area contributed by atoms with E-state index in [1.165, 1.54) is 6.42 Å². The van der Waals surface area contributed by atoms with E-state index in [2.05, 4.69) is 27.7 Å². The number of rotatable bonds is 5. The topological polar surface area (TPSA) is 57.5 Å². The molecule has 0 fully saturated rings. The SMILES string of the molecule is CC(=O)O.CCC(C)CCC(O)C(C)C. The minimum absolute atomic E-state index is 0.0935. The van der Waals surface area contributed by atoms with Crippen LogP contribution in [-0.2, 0) is 4.79 Å². The van der Waals surface area contributed by atoms with E-state index in [-0.39, 0.29) is 6.10 Å². The number of aliphatic hydroxyl groups is 1. The molecule has 0 heterocycles. The van der Waals surface area contributed by atoms with Crippen LogP contribution in [0, 0.1) is 11.8 Å². The highest BCUT2D eigenvalue weighted by atomic mass is 16.4. The van der Waals surface area contributed by atoms with E-state index >= 15 is 0 Å². The van der Waals surface area contributed by atoms with Gasteiger partial charge in [0.15, 0.2) is 0 Å². The first-order valence-corrected chi connectivity index (χ1v) is 5.68. The molecule has 0 bridgehead atoms. The standard InChI is InChI=1S/C10H22O.C2H4O2/c1-5-9(4)6-7-10(11)8(2)3;1-2(3)4/h8-11H,5-7H2,1-4H3;1H3,(H,3,4). The fourth-order valence-corrected chi connectivity index (χ4v) is 0.993. The lowest BCUT2D eigenvalue weighted by Crippen LogP contribution is -2.15. The molecule has 0 aromatic rings. The molecule has 0 aromatic carbocycles. The Bertz CT molecular complexity index is 151. The second-order valence-electron chi connectivity index (χ2n) is 4.42. The first-order chi connectivity index (χ1) is 6.81. The van der Waals surface area contributed by atoms with Crippen LogP contribution in [0.15, 0.2) is 0 Å². The molecule has 3 nitrogen and oxygen atoms in total. The van der Waals surface area contributed by atoms with E-state index in [1.807, 2.05) is 0 Å². The fraction of sp³-hybridized carbons (Fsp3) is 0.917. The van der Waals surface area contributed by atoms with E-state index in [0.29, 0.717) is 5.92 Å². The molecule has 0 spiro atoms. The minimum atomic E-state index is -0.833. The summed E-state index contributed by atoms with van der Waals surface area (Å²) in [5.74, 6) is 0.349. The molecule has 0 aliphatic rings. The second-order valence-corrected chi connectivity index (χ2v) is 4.42. The molecule has 0 saturated heterocycles. The van der Waals surface area contributed by atoms with E-state index in [1.54, 1.807) is 0 Å². The number of hydrogen-bond acceptors (Lipinski definition) is 2. The van der Waals surface area contributed by atoms with Crippen LogP contribution >= 0.6 is 0 Å². The molecule has 3 heteroatoms. The van der Waals surface area contributed by atoms with Gasteiger partial charge < -0.3 is 10.2 Å². The molecule has 0 aliphatic heterocycles. The van der Waals surface area contributed by atoms with Crippen molar-refractivity contribution >= 4 is 5.97 Å². The number of aliphatic hydroxyl groups excluding tert-OH is 1. The summed E-state index contributed by atoms with van der Waals surface area (Å²) in [5.41, 5.74) is 0. The highest BCUT2D eigenvalue weighted by molar-refractivity contribution is 5.62. The van der Waals surface area contributed by atoms with Crippen LogP contribution in [0.4, 0.5) is 0 Å². The number of carboxylic acid groups (broad SMARTS) is 1. The third kappa shape index (κ3) is 16.1. The van der Waals surface area contributed by atoms with Crippen molar-refractivity contribution in [3.8, 4) is 0 Å². The third-order valence-corrected chi connectivity index (χ3v) is 2.42. The molecular formula is C12H26O3. The van der Waals surface area contributed by atoms with E-state index in [9.17, 15) is 5.11 Å². The van der Waals surface area contributed by atoms with Crippen molar-refractivity contribution in [2.75, 3.05) is 0 Å². The van der Waals surface area contributed by atoms with Gasteiger partial charge in [-0.2, -0.15) is 0 Å². The Morgan fingerprint density at radius 1 is 1.20 bits per heavy atom. The predicted octanol–water partition coefficient (Wildman–Crippen LogP) is 2.92. The van der Waals surface area contributed by atoms with Crippen molar-refractivity contribution in [3.63, 3.8) is 0 Å². The first-order valence-electron chi connectivity index (χ1n) is 5.68. The summed E-state index contributed by atoms with van der Waals surface area (Å²) >= 11 is 0. The van der Waals surface area contributed by atoms with Gasteiger partial charge in [-0.25, -0.2) is 0 Å². The van der Waals surface area contributed by atoms with Crippen LogP contribution in [0.5, 0.6) is 0 Å². The molecular weight excluding hydrogens is 192 g/mol. The second kappa shape index (κ2) is 9.97. The van der Waals surface area contributed by atoms with Crippen molar-refractivity contribution in [2.24, 2.45) is 11.8 Å². The Labute approximate surface area is 93.5 Å². The number of carbonyl (C=O) groups is 1. The molecule has 15 heavy (non-hydrogen) atoms. The zero-order chi connectivity index (χ0) is 12.4. The fourth-order valence-electron chi connectivity index (χ4n) is 0.993. The summed E-state index contributed by atoms with van der Waals surface area (Å²) in [6.07, 6.45) is 3.26. The molecule has 2 N–H and O–H groups in total. The molecule has 0 amide bonds. The smallest absolute Gasteiger partial charge is 0.300 e. The van der Waals surface area contributed by atoms with Crippen molar-refractivity contribution in [1.29, 1.82) is 0 Å². The van der Waals surface area contributed by atoms with Gasteiger partial charge in [0.05, 0.1) is 6.10 Å².